The predicted molar refractivity (Wildman–Crippen MR) is 83.2 cm³/mol. The molecule has 2 aromatic rings. The van der Waals surface area contributed by atoms with Gasteiger partial charge in [-0.05, 0) is 37.8 Å². The van der Waals surface area contributed by atoms with Crippen LogP contribution in [0.3, 0.4) is 0 Å². The van der Waals surface area contributed by atoms with Crippen molar-refractivity contribution < 1.29 is 14.2 Å². The number of benzene rings is 1. The van der Waals surface area contributed by atoms with Gasteiger partial charge in [-0.1, -0.05) is 0 Å². The van der Waals surface area contributed by atoms with E-state index < -0.39 is 0 Å². The zero-order valence-corrected chi connectivity index (χ0v) is 13.0. The zero-order chi connectivity index (χ0) is 14.9. The van der Waals surface area contributed by atoms with Crippen LogP contribution < -0.4 is 4.74 Å². The number of aromatic nitrogens is 2. The highest BCUT2D eigenvalue weighted by atomic mass is 16.5. The van der Waals surface area contributed by atoms with Crippen molar-refractivity contribution in [2.75, 3.05) is 19.8 Å². The number of fused-ring (bicyclic) bond motifs is 1. The van der Waals surface area contributed by atoms with Gasteiger partial charge < -0.3 is 14.2 Å². The summed E-state index contributed by atoms with van der Waals surface area (Å²) in [6, 6.07) is 4.25. The summed E-state index contributed by atoms with van der Waals surface area (Å²) >= 11 is 0. The Morgan fingerprint density at radius 1 is 1.23 bits per heavy atom. The van der Waals surface area contributed by atoms with Gasteiger partial charge in [0.1, 0.15) is 11.9 Å². The summed E-state index contributed by atoms with van der Waals surface area (Å²) in [6.07, 6.45) is 6.46. The van der Waals surface area contributed by atoms with E-state index in [1.807, 2.05) is 10.9 Å². The Labute approximate surface area is 130 Å². The number of ether oxygens (including phenoxy) is 3. The fourth-order valence-corrected chi connectivity index (χ4v) is 3.25. The van der Waals surface area contributed by atoms with E-state index in [1.165, 1.54) is 6.42 Å². The molecule has 0 bridgehead atoms. The summed E-state index contributed by atoms with van der Waals surface area (Å²) in [6.45, 7) is 4.38. The van der Waals surface area contributed by atoms with Crippen molar-refractivity contribution in [3.63, 3.8) is 0 Å². The molecule has 2 aliphatic heterocycles. The van der Waals surface area contributed by atoms with Crippen LogP contribution in [0.2, 0.25) is 0 Å². The van der Waals surface area contributed by atoms with Crippen LogP contribution >= 0.6 is 0 Å². The van der Waals surface area contributed by atoms with Crippen LogP contribution in [0.25, 0.3) is 10.9 Å². The lowest BCUT2D eigenvalue weighted by Gasteiger charge is -2.23. The molecule has 5 heteroatoms. The van der Waals surface area contributed by atoms with Crippen LogP contribution in [0.5, 0.6) is 5.75 Å². The van der Waals surface area contributed by atoms with Gasteiger partial charge in [-0.3, -0.25) is 0 Å². The van der Waals surface area contributed by atoms with Crippen molar-refractivity contribution in [3.8, 4) is 5.75 Å². The van der Waals surface area contributed by atoms with Gasteiger partial charge in [0.25, 0.3) is 0 Å². The molecule has 2 saturated heterocycles. The normalized spacial score (nSPS) is 25.7. The van der Waals surface area contributed by atoms with Crippen LogP contribution in [0.15, 0.2) is 18.3 Å². The average molecular weight is 302 g/mol. The molecule has 0 N–H and O–H groups in total. The Balaban J connectivity index is 1.67. The van der Waals surface area contributed by atoms with Crippen molar-refractivity contribution in [2.45, 2.75) is 44.9 Å². The Morgan fingerprint density at radius 3 is 2.95 bits per heavy atom. The predicted octanol–water partition coefficient (Wildman–Crippen LogP) is 3.21. The lowest BCUT2D eigenvalue weighted by atomic mass is 10.1. The van der Waals surface area contributed by atoms with Crippen LogP contribution in [0.1, 0.15) is 37.5 Å². The fourth-order valence-electron chi connectivity index (χ4n) is 3.25. The second-order valence-corrected chi connectivity index (χ2v) is 6.19. The number of aryl methyl sites for hydroxylation is 1. The third-order valence-electron chi connectivity index (χ3n) is 4.50. The van der Waals surface area contributed by atoms with Crippen molar-refractivity contribution in [1.82, 2.24) is 9.78 Å². The summed E-state index contributed by atoms with van der Waals surface area (Å²) in [5.74, 6) is 0.931. The smallest absolute Gasteiger partial charge is 0.150 e. The molecule has 4 rings (SSSR count). The van der Waals surface area contributed by atoms with Gasteiger partial charge >= 0.3 is 0 Å². The van der Waals surface area contributed by atoms with E-state index >= 15 is 0 Å². The SMILES string of the molecule is Cc1cc2cnn(C3CCCCO3)c2cc1O[C@@H]1CCOC1. The van der Waals surface area contributed by atoms with Crippen molar-refractivity contribution in [2.24, 2.45) is 0 Å². The van der Waals surface area contributed by atoms with Crippen LogP contribution in [0.4, 0.5) is 0 Å². The first-order valence-electron chi connectivity index (χ1n) is 8.15. The zero-order valence-electron chi connectivity index (χ0n) is 13.0. The molecular formula is C17H22N2O3. The minimum absolute atomic E-state index is 0.0524. The molecular weight excluding hydrogens is 280 g/mol. The molecule has 0 radical (unpaired) electrons. The number of hydrogen-bond donors (Lipinski definition) is 0. The van der Waals surface area contributed by atoms with Crippen molar-refractivity contribution in [1.29, 1.82) is 0 Å². The molecule has 3 heterocycles. The summed E-state index contributed by atoms with van der Waals surface area (Å²) < 4.78 is 19.4. The molecule has 0 saturated carbocycles. The molecule has 2 aliphatic rings. The Bertz CT molecular complexity index is 655. The summed E-state index contributed by atoms with van der Waals surface area (Å²) in [4.78, 5) is 0. The van der Waals surface area contributed by atoms with E-state index in [-0.39, 0.29) is 12.3 Å². The van der Waals surface area contributed by atoms with E-state index in [9.17, 15) is 0 Å². The number of hydrogen-bond acceptors (Lipinski definition) is 4. The number of rotatable bonds is 3. The molecule has 5 nitrogen and oxygen atoms in total. The Kier molecular flexibility index (Phi) is 3.76. The first kappa shape index (κ1) is 14.0. The van der Waals surface area contributed by atoms with Gasteiger partial charge in [0.05, 0.1) is 24.9 Å². The van der Waals surface area contributed by atoms with Crippen LogP contribution in [0, 0.1) is 6.92 Å². The Hall–Kier alpha value is -1.59. The molecule has 2 fully saturated rings. The third kappa shape index (κ3) is 2.59. The molecule has 1 aromatic carbocycles. The summed E-state index contributed by atoms with van der Waals surface area (Å²) in [7, 11) is 0. The molecule has 118 valence electrons. The lowest BCUT2D eigenvalue weighted by molar-refractivity contribution is -0.0366. The van der Waals surface area contributed by atoms with Crippen molar-refractivity contribution in [3.05, 3.63) is 23.9 Å². The topological polar surface area (TPSA) is 45.5 Å². The molecule has 0 amide bonds. The van der Waals surface area contributed by atoms with Crippen molar-refractivity contribution >= 4 is 10.9 Å². The Morgan fingerprint density at radius 2 is 2.18 bits per heavy atom. The third-order valence-corrected chi connectivity index (χ3v) is 4.50. The lowest BCUT2D eigenvalue weighted by Crippen LogP contribution is -2.19. The van der Waals surface area contributed by atoms with Crippen LogP contribution in [-0.2, 0) is 9.47 Å². The highest BCUT2D eigenvalue weighted by Crippen LogP contribution is 2.31. The molecule has 1 unspecified atom stereocenters. The maximum Gasteiger partial charge on any atom is 0.150 e. The maximum atomic E-state index is 6.12. The van der Waals surface area contributed by atoms with Gasteiger partial charge in [-0.15, -0.1) is 0 Å². The molecule has 22 heavy (non-hydrogen) atoms. The van der Waals surface area contributed by atoms with E-state index in [0.29, 0.717) is 6.61 Å². The minimum atomic E-state index is 0.0524. The monoisotopic (exact) mass is 302 g/mol. The van der Waals surface area contributed by atoms with E-state index in [0.717, 1.165) is 54.7 Å². The standard InChI is InChI=1S/C17H22N2O3/c1-12-8-13-10-18-19(17-4-2-3-6-21-17)15(13)9-16(12)22-14-5-7-20-11-14/h8-10,14,17H,2-7,11H2,1H3/t14-,17?/m1/s1. The fraction of sp³-hybridized carbons (Fsp3) is 0.588. The van der Waals surface area contributed by atoms with Gasteiger partial charge in [0.2, 0.25) is 0 Å². The highest BCUT2D eigenvalue weighted by molar-refractivity contribution is 5.81. The molecule has 1 aromatic heterocycles. The van der Waals surface area contributed by atoms with E-state index in [2.05, 4.69) is 24.2 Å². The first-order valence-corrected chi connectivity index (χ1v) is 8.15. The van der Waals surface area contributed by atoms with E-state index in [1.54, 1.807) is 0 Å². The first-order chi connectivity index (χ1) is 10.8. The molecule has 2 atom stereocenters. The van der Waals surface area contributed by atoms with Gasteiger partial charge in [-0.25, -0.2) is 4.68 Å². The van der Waals surface area contributed by atoms with Gasteiger partial charge in [0.15, 0.2) is 6.23 Å². The summed E-state index contributed by atoms with van der Waals surface area (Å²) in [5, 5.41) is 5.68. The van der Waals surface area contributed by atoms with Gasteiger partial charge in [-0.2, -0.15) is 5.10 Å². The van der Waals surface area contributed by atoms with E-state index in [4.69, 9.17) is 14.2 Å². The maximum absolute atomic E-state index is 6.12. The summed E-state index contributed by atoms with van der Waals surface area (Å²) in [5.41, 5.74) is 2.23. The molecule has 0 spiro atoms. The van der Waals surface area contributed by atoms with Gasteiger partial charge in [0, 0.05) is 24.5 Å². The van der Waals surface area contributed by atoms with Crippen LogP contribution in [-0.4, -0.2) is 35.7 Å². The quantitative estimate of drug-likeness (QED) is 0.873. The number of nitrogens with zero attached hydrogens (tertiary/aromatic N) is 2. The molecule has 0 aliphatic carbocycles. The second kappa shape index (κ2) is 5.89. The highest BCUT2D eigenvalue weighted by Gasteiger charge is 2.21. The average Bonchev–Trinajstić information content (AvgIpc) is 3.18. The second-order valence-electron chi connectivity index (χ2n) is 6.19. The largest absolute Gasteiger partial charge is 0.488 e. The minimum Gasteiger partial charge on any atom is -0.488 e.